The summed E-state index contributed by atoms with van der Waals surface area (Å²) in [5.74, 6) is 0.289. The van der Waals surface area contributed by atoms with Crippen LogP contribution in [0.25, 0.3) is 5.82 Å². The highest BCUT2D eigenvalue weighted by Crippen LogP contribution is 2.38. The van der Waals surface area contributed by atoms with E-state index in [0.29, 0.717) is 25.1 Å². The SMILES string of the molecule is O=C(Nc1ccc(-n2ccnc2)nc1)C1CCC(=O)N(Cc2ccccc2)C1c1ccccc1. The Balaban J connectivity index is 1.40. The number of anilines is 1. The maximum Gasteiger partial charge on any atom is 0.229 e. The number of amides is 2. The van der Waals surface area contributed by atoms with Crippen molar-refractivity contribution in [3.63, 3.8) is 0 Å². The number of imidazole rings is 1. The molecule has 0 aliphatic carbocycles. The van der Waals surface area contributed by atoms with Crippen molar-refractivity contribution in [3.8, 4) is 5.82 Å². The Kier molecular flexibility index (Phi) is 6.16. The molecular formula is C27H25N5O2. The van der Waals surface area contributed by atoms with E-state index in [9.17, 15) is 9.59 Å². The van der Waals surface area contributed by atoms with Gasteiger partial charge in [-0.15, -0.1) is 0 Å². The van der Waals surface area contributed by atoms with Crippen LogP contribution in [0.1, 0.15) is 30.0 Å². The fourth-order valence-corrected chi connectivity index (χ4v) is 4.50. The number of carbonyl (C=O) groups excluding carboxylic acids is 2. The largest absolute Gasteiger partial charge is 0.331 e. The highest BCUT2D eigenvalue weighted by atomic mass is 16.2. The van der Waals surface area contributed by atoms with Crippen LogP contribution in [0.4, 0.5) is 5.69 Å². The van der Waals surface area contributed by atoms with Gasteiger partial charge in [0.05, 0.1) is 23.8 Å². The van der Waals surface area contributed by atoms with E-state index in [1.807, 2.05) is 83.9 Å². The fourth-order valence-electron chi connectivity index (χ4n) is 4.50. The standard InChI is InChI=1S/C27H25N5O2/c33-25-14-12-23(27(34)30-22-11-13-24(29-17-22)31-16-15-28-19-31)26(21-9-5-2-6-10-21)32(25)18-20-7-3-1-4-8-20/h1-11,13,15-17,19,23,26H,12,14,18H2,(H,30,34). The van der Waals surface area contributed by atoms with E-state index in [4.69, 9.17) is 0 Å². The molecule has 2 atom stereocenters. The quantitative estimate of drug-likeness (QED) is 0.472. The van der Waals surface area contributed by atoms with Crippen LogP contribution in [0, 0.1) is 5.92 Å². The molecule has 0 radical (unpaired) electrons. The second-order valence-electron chi connectivity index (χ2n) is 8.37. The predicted octanol–water partition coefficient (Wildman–Crippen LogP) is 4.39. The summed E-state index contributed by atoms with van der Waals surface area (Å²) in [6.45, 7) is 0.462. The van der Waals surface area contributed by atoms with Gasteiger partial charge in [0.25, 0.3) is 0 Å². The van der Waals surface area contributed by atoms with Crippen molar-refractivity contribution >= 4 is 17.5 Å². The first-order valence-electron chi connectivity index (χ1n) is 11.3. The zero-order valence-corrected chi connectivity index (χ0v) is 18.6. The number of rotatable bonds is 6. The number of carbonyl (C=O) groups is 2. The zero-order chi connectivity index (χ0) is 23.3. The van der Waals surface area contributed by atoms with Gasteiger partial charge >= 0.3 is 0 Å². The summed E-state index contributed by atoms with van der Waals surface area (Å²) in [7, 11) is 0. The van der Waals surface area contributed by atoms with Crippen molar-refractivity contribution in [3.05, 3.63) is 109 Å². The number of piperidine rings is 1. The highest BCUT2D eigenvalue weighted by Gasteiger charge is 2.40. The molecule has 1 N–H and O–H groups in total. The van der Waals surface area contributed by atoms with Gasteiger partial charge in [-0.05, 0) is 29.7 Å². The minimum Gasteiger partial charge on any atom is -0.331 e. The Morgan fingerprint density at radius 3 is 2.44 bits per heavy atom. The Hall–Kier alpha value is -4.26. The Bertz CT molecular complexity index is 1240. The van der Waals surface area contributed by atoms with Crippen molar-refractivity contribution < 1.29 is 9.59 Å². The Morgan fingerprint density at radius 1 is 1.00 bits per heavy atom. The molecule has 7 heteroatoms. The van der Waals surface area contributed by atoms with Gasteiger partial charge in [-0.3, -0.25) is 14.2 Å². The Morgan fingerprint density at radius 2 is 1.76 bits per heavy atom. The van der Waals surface area contributed by atoms with E-state index in [2.05, 4.69) is 15.3 Å². The summed E-state index contributed by atoms with van der Waals surface area (Å²) in [5.41, 5.74) is 2.62. The first kappa shape index (κ1) is 21.6. The monoisotopic (exact) mass is 451 g/mol. The minimum absolute atomic E-state index is 0.0631. The van der Waals surface area contributed by atoms with Gasteiger partial charge in [0, 0.05) is 25.4 Å². The number of benzene rings is 2. The summed E-state index contributed by atoms with van der Waals surface area (Å²) in [5, 5.41) is 3.02. The number of nitrogens with zero attached hydrogens (tertiary/aromatic N) is 4. The molecular weight excluding hydrogens is 426 g/mol. The molecule has 5 rings (SSSR count). The van der Waals surface area contributed by atoms with Crippen LogP contribution >= 0.6 is 0 Å². The zero-order valence-electron chi connectivity index (χ0n) is 18.6. The van der Waals surface area contributed by atoms with Crippen molar-refractivity contribution in [1.29, 1.82) is 0 Å². The van der Waals surface area contributed by atoms with Crippen LogP contribution < -0.4 is 5.32 Å². The van der Waals surface area contributed by atoms with E-state index >= 15 is 0 Å². The lowest BCUT2D eigenvalue weighted by molar-refractivity contribution is -0.142. The number of likely N-dealkylation sites (tertiary alicyclic amines) is 1. The van der Waals surface area contributed by atoms with Crippen LogP contribution in [0.2, 0.25) is 0 Å². The summed E-state index contributed by atoms with van der Waals surface area (Å²) < 4.78 is 1.80. The second-order valence-corrected chi connectivity index (χ2v) is 8.37. The lowest BCUT2D eigenvalue weighted by Crippen LogP contribution is -2.46. The van der Waals surface area contributed by atoms with Crippen LogP contribution in [0.15, 0.2) is 97.7 Å². The lowest BCUT2D eigenvalue weighted by atomic mass is 9.83. The molecule has 0 spiro atoms. The van der Waals surface area contributed by atoms with Crippen LogP contribution in [0.3, 0.4) is 0 Å². The fraction of sp³-hybridized carbons (Fsp3) is 0.185. The summed E-state index contributed by atoms with van der Waals surface area (Å²) >= 11 is 0. The van der Waals surface area contributed by atoms with Crippen LogP contribution in [0.5, 0.6) is 0 Å². The van der Waals surface area contributed by atoms with Gasteiger partial charge in [0.2, 0.25) is 11.8 Å². The van der Waals surface area contributed by atoms with Crippen molar-refractivity contribution in [2.45, 2.75) is 25.4 Å². The van der Waals surface area contributed by atoms with Crippen molar-refractivity contribution in [2.75, 3.05) is 5.32 Å². The maximum atomic E-state index is 13.5. The summed E-state index contributed by atoms with van der Waals surface area (Å²) in [6, 6.07) is 23.0. The first-order chi connectivity index (χ1) is 16.7. The molecule has 1 aliphatic rings. The topological polar surface area (TPSA) is 80.1 Å². The molecule has 4 aromatic rings. The molecule has 3 heterocycles. The lowest BCUT2D eigenvalue weighted by Gasteiger charge is -2.41. The second kappa shape index (κ2) is 9.70. The molecule has 2 aromatic heterocycles. The molecule has 170 valence electrons. The normalized spacial score (nSPS) is 18.0. The average molecular weight is 452 g/mol. The third kappa shape index (κ3) is 4.59. The molecule has 34 heavy (non-hydrogen) atoms. The third-order valence-electron chi connectivity index (χ3n) is 6.16. The van der Waals surface area contributed by atoms with Gasteiger partial charge in [-0.25, -0.2) is 9.97 Å². The molecule has 0 saturated carbocycles. The molecule has 1 fully saturated rings. The van der Waals surface area contributed by atoms with Gasteiger partial charge in [-0.2, -0.15) is 0 Å². The van der Waals surface area contributed by atoms with Crippen LogP contribution in [-0.4, -0.2) is 31.2 Å². The molecule has 1 aliphatic heterocycles. The number of hydrogen-bond acceptors (Lipinski definition) is 4. The highest BCUT2D eigenvalue weighted by molar-refractivity contribution is 5.94. The smallest absolute Gasteiger partial charge is 0.229 e. The number of pyridine rings is 1. The molecule has 1 saturated heterocycles. The molecule has 2 amide bonds. The van der Waals surface area contributed by atoms with E-state index < -0.39 is 0 Å². The molecule has 2 aromatic carbocycles. The average Bonchev–Trinajstić information content (AvgIpc) is 3.42. The maximum absolute atomic E-state index is 13.5. The van der Waals surface area contributed by atoms with Crippen molar-refractivity contribution in [2.24, 2.45) is 5.92 Å². The van der Waals surface area contributed by atoms with Crippen molar-refractivity contribution in [1.82, 2.24) is 19.4 Å². The van der Waals surface area contributed by atoms with Gasteiger partial charge < -0.3 is 10.2 Å². The number of hydrogen-bond donors (Lipinski definition) is 1. The van der Waals surface area contributed by atoms with E-state index in [0.717, 1.165) is 16.9 Å². The summed E-state index contributed by atoms with van der Waals surface area (Å²) in [4.78, 5) is 36.8. The van der Waals surface area contributed by atoms with Gasteiger partial charge in [0.15, 0.2) is 0 Å². The van der Waals surface area contributed by atoms with E-state index in [-0.39, 0.29) is 23.8 Å². The van der Waals surface area contributed by atoms with Crippen LogP contribution in [-0.2, 0) is 16.1 Å². The summed E-state index contributed by atoms with van der Waals surface area (Å²) in [6.07, 6.45) is 7.64. The molecule has 0 bridgehead atoms. The number of nitrogens with one attached hydrogen (secondary N) is 1. The minimum atomic E-state index is -0.378. The molecule has 7 nitrogen and oxygen atoms in total. The first-order valence-corrected chi connectivity index (χ1v) is 11.3. The molecule has 2 unspecified atom stereocenters. The van der Waals surface area contributed by atoms with Gasteiger partial charge in [0.1, 0.15) is 12.1 Å². The van der Waals surface area contributed by atoms with E-state index in [1.54, 1.807) is 23.3 Å². The van der Waals surface area contributed by atoms with E-state index in [1.165, 1.54) is 0 Å². The Labute approximate surface area is 198 Å². The number of aromatic nitrogens is 3. The predicted molar refractivity (Wildman–Crippen MR) is 129 cm³/mol. The third-order valence-corrected chi connectivity index (χ3v) is 6.16. The van der Waals surface area contributed by atoms with Gasteiger partial charge in [-0.1, -0.05) is 60.7 Å².